The molecule has 1 rings (SSSR count). The second-order valence-electron chi connectivity index (χ2n) is 4.62. The van der Waals surface area contributed by atoms with Crippen LogP contribution in [0.1, 0.15) is 20.3 Å². The van der Waals surface area contributed by atoms with E-state index in [1.165, 1.54) is 0 Å². The highest BCUT2D eigenvalue weighted by Gasteiger charge is 2.21. The molecule has 0 fully saturated rings. The lowest BCUT2D eigenvalue weighted by molar-refractivity contribution is -0.120. The normalized spacial score (nSPS) is 12.8. The fourth-order valence-corrected chi connectivity index (χ4v) is 2.54. The van der Waals surface area contributed by atoms with E-state index in [1.54, 1.807) is 24.3 Å². The average Bonchev–Trinajstić information content (AvgIpc) is 2.36. The van der Waals surface area contributed by atoms with E-state index in [2.05, 4.69) is 5.32 Å². The first-order valence-electron chi connectivity index (χ1n) is 6.26. The quantitative estimate of drug-likeness (QED) is 0.872. The summed E-state index contributed by atoms with van der Waals surface area (Å²) >= 11 is 5.78. The van der Waals surface area contributed by atoms with E-state index >= 15 is 0 Å². The monoisotopic (exact) mass is 318 g/mol. The minimum Gasteiger partial charge on any atom is -0.352 e. The van der Waals surface area contributed by atoms with E-state index in [0.717, 1.165) is 17.0 Å². The number of hydrogen-bond acceptors (Lipinski definition) is 3. The van der Waals surface area contributed by atoms with E-state index in [-0.39, 0.29) is 18.5 Å². The average molecular weight is 319 g/mol. The number of sulfonamides is 1. The van der Waals surface area contributed by atoms with Gasteiger partial charge in [-0.2, -0.15) is 0 Å². The summed E-state index contributed by atoms with van der Waals surface area (Å²) < 4.78 is 24.7. The molecule has 0 aliphatic heterocycles. The number of nitrogens with one attached hydrogen (secondary N) is 1. The van der Waals surface area contributed by atoms with Crippen LogP contribution in [0.5, 0.6) is 0 Å². The molecule has 1 amide bonds. The molecule has 0 aliphatic carbocycles. The smallest absolute Gasteiger partial charge is 0.240 e. The van der Waals surface area contributed by atoms with Gasteiger partial charge in [-0.05, 0) is 37.6 Å². The van der Waals surface area contributed by atoms with Crippen molar-refractivity contribution in [3.8, 4) is 0 Å². The zero-order valence-corrected chi connectivity index (χ0v) is 13.3. The van der Waals surface area contributed by atoms with Gasteiger partial charge in [0.1, 0.15) is 6.54 Å². The van der Waals surface area contributed by atoms with Gasteiger partial charge in [-0.1, -0.05) is 18.5 Å². The maximum Gasteiger partial charge on any atom is 0.240 e. The van der Waals surface area contributed by atoms with Crippen LogP contribution >= 0.6 is 11.6 Å². The second kappa shape index (κ2) is 6.95. The number of halogens is 1. The Hall–Kier alpha value is -1.27. The molecule has 1 aromatic carbocycles. The zero-order chi connectivity index (χ0) is 15.3. The Morgan fingerprint density at radius 3 is 2.35 bits per heavy atom. The summed E-state index contributed by atoms with van der Waals surface area (Å²) in [7, 11) is -3.54. The molecule has 1 N–H and O–H groups in total. The van der Waals surface area contributed by atoms with Gasteiger partial charge in [0.15, 0.2) is 0 Å². The Balaban J connectivity index is 2.92. The zero-order valence-electron chi connectivity index (χ0n) is 11.8. The fraction of sp³-hybridized carbons (Fsp3) is 0.462. The Morgan fingerprint density at radius 1 is 1.35 bits per heavy atom. The van der Waals surface area contributed by atoms with Gasteiger partial charge >= 0.3 is 0 Å². The minimum atomic E-state index is -3.54. The number of anilines is 1. The van der Waals surface area contributed by atoms with Crippen molar-refractivity contribution >= 4 is 33.2 Å². The first-order valence-corrected chi connectivity index (χ1v) is 8.49. The Labute approximate surface area is 125 Å². The first kappa shape index (κ1) is 16.8. The lowest BCUT2D eigenvalue weighted by atomic mass is 10.2. The van der Waals surface area contributed by atoms with Crippen molar-refractivity contribution in [1.29, 1.82) is 0 Å². The van der Waals surface area contributed by atoms with Gasteiger partial charge in [0.2, 0.25) is 15.9 Å². The Kier molecular flexibility index (Phi) is 5.83. The van der Waals surface area contributed by atoms with E-state index in [1.807, 2.05) is 13.8 Å². The molecule has 1 aromatic rings. The molecule has 0 aliphatic rings. The number of rotatable bonds is 6. The third-order valence-electron chi connectivity index (χ3n) is 2.82. The molecule has 0 radical (unpaired) electrons. The second-order valence-corrected chi connectivity index (χ2v) is 6.97. The molecule has 0 bridgehead atoms. The number of amides is 1. The van der Waals surface area contributed by atoms with Crippen molar-refractivity contribution < 1.29 is 13.2 Å². The lowest BCUT2D eigenvalue weighted by Gasteiger charge is -2.23. The van der Waals surface area contributed by atoms with Gasteiger partial charge in [-0.3, -0.25) is 9.10 Å². The van der Waals surface area contributed by atoms with Crippen LogP contribution in [0.25, 0.3) is 0 Å². The van der Waals surface area contributed by atoms with Gasteiger partial charge in [-0.25, -0.2) is 8.42 Å². The third kappa shape index (κ3) is 5.02. The number of carbonyl (C=O) groups is 1. The molecule has 5 nitrogen and oxygen atoms in total. The van der Waals surface area contributed by atoms with Crippen molar-refractivity contribution in [3.05, 3.63) is 29.3 Å². The van der Waals surface area contributed by atoms with Crippen LogP contribution in [0, 0.1) is 0 Å². The highest BCUT2D eigenvalue weighted by Crippen LogP contribution is 2.20. The number of benzene rings is 1. The highest BCUT2D eigenvalue weighted by atomic mass is 35.5. The van der Waals surface area contributed by atoms with Crippen LogP contribution in [-0.2, 0) is 14.8 Å². The van der Waals surface area contributed by atoms with Crippen LogP contribution in [0.15, 0.2) is 24.3 Å². The summed E-state index contributed by atoms with van der Waals surface area (Å²) in [6.45, 7) is 3.56. The number of nitrogens with zero attached hydrogens (tertiary/aromatic N) is 1. The van der Waals surface area contributed by atoms with Gasteiger partial charge < -0.3 is 5.32 Å². The molecule has 0 spiro atoms. The van der Waals surface area contributed by atoms with E-state index in [0.29, 0.717) is 10.7 Å². The predicted molar refractivity (Wildman–Crippen MR) is 81.5 cm³/mol. The first-order chi connectivity index (χ1) is 9.24. The molecular weight excluding hydrogens is 300 g/mol. The molecule has 0 saturated heterocycles. The largest absolute Gasteiger partial charge is 0.352 e. The standard InChI is InChI=1S/C13H19ClN2O3S/c1-4-10(2)15-13(17)9-16(20(3,18)19)12-7-5-11(14)6-8-12/h5-8,10H,4,9H2,1-3H3,(H,15,17)/t10-/m1/s1. The van der Waals surface area contributed by atoms with Crippen LogP contribution in [0.3, 0.4) is 0 Å². The molecular formula is C13H19ClN2O3S. The summed E-state index contributed by atoms with van der Waals surface area (Å²) in [6, 6.07) is 6.32. The van der Waals surface area contributed by atoms with Crippen LogP contribution in [0.2, 0.25) is 5.02 Å². The predicted octanol–water partition coefficient (Wildman–Crippen LogP) is 2.02. The van der Waals surface area contributed by atoms with Crippen molar-refractivity contribution in [2.75, 3.05) is 17.1 Å². The van der Waals surface area contributed by atoms with E-state index in [4.69, 9.17) is 11.6 Å². The lowest BCUT2D eigenvalue weighted by Crippen LogP contribution is -2.43. The molecule has 1 atom stereocenters. The third-order valence-corrected chi connectivity index (χ3v) is 4.21. The van der Waals surface area contributed by atoms with Crippen LogP contribution < -0.4 is 9.62 Å². The molecule has 20 heavy (non-hydrogen) atoms. The van der Waals surface area contributed by atoms with Gasteiger partial charge in [-0.15, -0.1) is 0 Å². The molecule has 0 saturated carbocycles. The summed E-state index contributed by atoms with van der Waals surface area (Å²) in [4.78, 5) is 11.9. The Bertz CT molecular complexity index is 557. The number of hydrogen-bond donors (Lipinski definition) is 1. The summed E-state index contributed by atoms with van der Waals surface area (Å²) in [5.74, 6) is -0.334. The molecule has 0 heterocycles. The highest BCUT2D eigenvalue weighted by molar-refractivity contribution is 7.92. The molecule has 112 valence electrons. The maximum atomic E-state index is 11.9. The van der Waals surface area contributed by atoms with Gasteiger partial charge in [0, 0.05) is 11.1 Å². The SMILES string of the molecule is CC[C@@H](C)NC(=O)CN(c1ccc(Cl)cc1)S(C)(=O)=O. The van der Waals surface area contributed by atoms with Gasteiger partial charge in [0.05, 0.1) is 11.9 Å². The van der Waals surface area contributed by atoms with Crippen molar-refractivity contribution in [2.45, 2.75) is 26.3 Å². The topological polar surface area (TPSA) is 66.5 Å². The van der Waals surface area contributed by atoms with Crippen LogP contribution in [0.4, 0.5) is 5.69 Å². The van der Waals surface area contributed by atoms with Gasteiger partial charge in [0.25, 0.3) is 0 Å². The van der Waals surface area contributed by atoms with Crippen molar-refractivity contribution in [3.63, 3.8) is 0 Å². The molecule has 7 heteroatoms. The van der Waals surface area contributed by atoms with Crippen molar-refractivity contribution in [1.82, 2.24) is 5.32 Å². The fourth-order valence-electron chi connectivity index (χ4n) is 1.56. The maximum absolute atomic E-state index is 11.9. The van der Waals surface area contributed by atoms with Crippen molar-refractivity contribution in [2.24, 2.45) is 0 Å². The van der Waals surface area contributed by atoms with Crippen LogP contribution in [-0.4, -0.2) is 33.2 Å². The number of carbonyl (C=O) groups excluding carboxylic acids is 1. The summed E-state index contributed by atoms with van der Waals surface area (Å²) in [6.07, 6.45) is 1.85. The summed E-state index contributed by atoms with van der Waals surface area (Å²) in [5, 5.41) is 3.25. The summed E-state index contributed by atoms with van der Waals surface area (Å²) in [5.41, 5.74) is 0.413. The van der Waals surface area contributed by atoms with E-state index in [9.17, 15) is 13.2 Å². The molecule has 0 aromatic heterocycles. The Morgan fingerprint density at radius 2 is 1.90 bits per heavy atom. The molecule has 0 unspecified atom stereocenters. The van der Waals surface area contributed by atoms with E-state index < -0.39 is 10.0 Å². The minimum absolute atomic E-state index is 0.00845.